The largest absolute Gasteiger partial charge is 0.381 e. The van der Waals surface area contributed by atoms with Crippen LogP contribution < -0.4 is 11.1 Å². The van der Waals surface area contributed by atoms with Gasteiger partial charge in [0.2, 0.25) is 5.91 Å². The van der Waals surface area contributed by atoms with Crippen molar-refractivity contribution >= 4 is 18.3 Å². The van der Waals surface area contributed by atoms with Gasteiger partial charge in [-0.05, 0) is 31.1 Å². The van der Waals surface area contributed by atoms with Crippen LogP contribution in [-0.2, 0) is 9.53 Å². The van der Waals surface area contributed by atoms with Crippen LogP contribution in [0.2, 0.25) is 0 Å². The summed E-state index contributed by atoms with van der Waals surface area (Å²) in [5.74, 6) is 0.886. The molecule has 1 saturated heterocycles. The van der Waals surface area contributed by atoms with Gasteiger partial charge in [0.05, 0.1) is 6.04 Å². The fourth-order valence-electron chi connectivity index (χ4n) is 2.60. The van der Waals surface area contributed by atoms with Crippen molar-refractivity contribution in [3.05, 3.63) is 0 Å². The number of amides is 1. The number of hydrogen-bond acceptors (Lipinski definition) is 3. The molecule has 0 spiro atoms. The summed E-state index contributed by atoms with van der Waals surface area (Å²) < 4.78 is 5.30. The highest BCUT2D eigenvalue weighted by molar-refractivity contribution is 5.85. The molecule has 1 heterocycles. The van der Waals surface area contributed by atoms with E-state index in [9.17, 15) is 4.79 Å². The SMILES string of the molecule is CCCCC(CC)CNC(=O)C(N)C1CCOCC1.Cl. The van der Waals surface area contributed by atoms with E-state index in [0.717, 1.165) is 39.0 Å². The van der Waals surface area contributed by atoms with Crippen LogP contribution in [0.5, 0.6) is 0 Å². The summed E-state index contributed by atoms with van der Waals surface area (Å²) in [6.07, 6.45) is 6.57. The van der Waals surface area contributed by atoms with Crippen molar-refractivity contribution < 1.29 is 9.53 Å². The molecule has 1 rings (SSSR count). The number of halogens is 1. The predicted molar refractivity (Wildman–Crippen MR) is 85.1 cm³/mol. The lowest BCUT2D eigenvalue weighted by Gasteiger charge is -2.27. The summed E-state index contributed by atoms with van der Waals surface area (Å²) in [6.45, 7) is 6.63. The highest BCUT2D eigenvalue weighted by Crippen LogP contribution is 2.18. The van der Waals surface area contributed by atoms with Gasteiger partial charge in [0, 0.05) is 19.8 Å². The first-order valence-corrected chi connectivity index (χ1v) is 7.80. The zero-order chi connectivity index (χ0) is 14.1. The van der Waals surface area contributed by atoms with Crippen LogP contribution in [0.15, 0.2) is 0 Å². The van der Waals surface area contributed by atoms with E-state index >= 15 is 0 Å². The molecule has 0 aliphatic carbocycles. The topological polar surface area (TPSA) is 64.4 Å². The molecule has 0 saturated carbocycles. The zero-order valence-corrected chi connectivity index (χ0v) is 13.7. The van der Waals surface area contributed by atoms with Gasteiger partial charge in [0.15, 0.2) is 0 Å². The van der Waals surface area contributed by atoms with Gasteiger partial charge in [-0.2, -0.15) is 0 Å². The molecule has 0 aromatic carbocycles. The fraction of sp³-hybridized carbons (Fsp3) is 0.933. The molecule has 20 heavy (non-hydrogen) atoms. The van der Waals surface area contributed by atoms with Gasteiger partial charge in [-0.15, -0.1) is 12.4 Å². The van der Waals surface area contributed by atoms with Crippen LogP contribution in [0.4, 0.5) is 0 Å². The number of carbonyl (C=O) groups excluding carboxylic acids is 1. The van der Waals surface area contributed by atoms with E-state index in [-0.39, 0.29) is 30.3 Å². The number of nitrogens with one attached hydrogen (secondary N) is 1. The quantitative estimate of drug-likeness (QED) is 0.724. The average molecular weight is 307 g/mol. The van der Waals surface area contributed by atoms with Crippen LogP contribution in [0.25, 0.3) is 0 Å². The molecule has 5 heteroatoms. The van der Waals surface area contributed by atoms with Gasteiger partial charge in [-0.25, -0.2) is 0 Å². The molecule has 2 atom stereocenters. The molecular weight excluding hydrogens is 276 g/mol. The molecule has 1 aliphatic rings. The summed E-state index contributed by atoms with van der Waals surface area (Å²) >= 11 is 0. The Morgan fingerprint density at radius 1 is 1.35 bits per heavy atom. The van der Waals surface area contributed by atoms with Gasteiger partial charge < -0.3 is 15.8 Å². The fourth-order valence-corrected chi connectivity index (χ4v) is 2.60. The van der Waals surface area contributed by atoms with E-state index in [1.807, 2.05) is 0 Å². The monoisotopic (exact) mass is 306 g/mol. The van der Waals surface area contributed by atoms with E-state index in [2.05, 4.69) is 19.2 Å². The van der Waals surface area contributed by atoms with E-state index in [1.54, 1.807) is 0 Å². The van der Waals surface area contributed by atoms with Crippen molar-refractivity contribution in [3.8, 4) is 0 Å². The second-order valence-corrected chi connectivity index (χ2v) is 5.64. The van der Waals surface area contributed by atoms with Gasteiger partial charge in [0.1, 0.15) is 0 Å². The van der Waals surface area contributed by atoms with Crippen molar-refractivity contribution in [1.29, 1.82) is 0 Å². The third-order valence-electron chi connectivity index (χ3n) is 4.18. The molecule has 3 N–H and O–H groups in total. The van der Waals surface area contributed by atoms with Crippen LogP contribution >= 0.6 is 12.4 Å². The predicted octanol–water partition coefficient (Wildman–Crippen LogP) is 2.49. The standard InChI is InChI=1S/C15H30N2O2.ClH/c1-3-5-6-12(4-2)11-17-15(18)14(16)13-7-9-19-10-8-13;/h12-14H,3-11,16H2,1-2H3,(H,17,18);1H. The Kier molecular flexibility index (Phi) is 11.2. The minimum Gasteiger partial charge on any atom is -0.381 e. The number of rotatable bonds is 8. The molecule has 0 aromatic heterocycles. The van der Waals surface area contributed by atoms with Gasteiger partial charge in [0.25, 0.3) is 0 Å². The molecular formula is C15H31ClN2O2. The maximum absolute atomic E-state index is 12.1. The first-order valence-electron chi connectivity index (χ1n) is 7.80. The molecule has 120 valence electrons. The number of carbonyl (C=O) groups is 1. The van der Waals surface area contributed by atoms with Crippen LogP contribution in [0, 0.1) is 11.8 Å². The number of ether oxygens (including phenoxy) is 1. The Balaban J connectivity index is 0.00000361. The summed E-state index contributed by atoms with van der Waals surface area (Å²) in [4.78, 5) is 12.1. The van der Waals surface area contributed by atoms with Gasteiger partial charge >= 0.3 is 0 Å². The van der Waals surface area contributed by atoms with Crippen molar-refractivity contribution in [2.45, 2.75) is 58.4 Å². The molecule has 0 aromatic rings. The Labute approximate surface area is 129 Å². The number of nitrogens with two attached hydrogens (primary N) is 1. The summed E-state index contributed by atoms with van der Waals surface area (Å²) in [6, 6.07) is -0.368. The highest BCUT2D eigenvalue weighted by Gasteiger charge is 2.26. The summed E-state index contributed by atoms with van der Waals surface area (Å²) in [7, 11) is 0. The molecule has 1 amide bonds. The third kappa shape index (κ3) is 6.91. The van der Waals surface area contributed by atoms with Crippen LogP contribution in [-0.4, -0.2) is 31.7 Å². The number of hydrogen-bond donors (Lipinski definition) is 2. The number of unbranched alkanes of at least 4 members (excludes halogenated alkanes) is 1. The molecule has 4 nitrogen and oxygen atoms in total. The van der Waals surface area contributed by atoms with Crippen molar-refractivity contribution in [2.24, 2.45) is 17.6 Å². The molecule has 1 fully saturated rings. The zero-order valence-electron chi connectivity index (χ0n) is 12.9. The lowest BCUT2D eigenvalue weighted by molar-refractivity contribution is -0.124. The summed E-state index contributed by atoms with van der Waals surface area (Å²) in [5, 5.41) is 3.03. The van der Waals surface area contributed by atoms with E-state index in [0.29, 0.717) is 5.92 Å². The van der Waals surface area contributed by atoms with E-state index in [1.165, 1.54) is 19.3 Å². The van der Waals surface area contributed by atoms with Crippen molar-refractivity contribution in [1.82, 2.24) is 5.32 Å². The Bertz CT molecular complexity index is 258. The molecule has 2 unspecified atom stereocenters. The van der Waals surface area contributed by atoms with Crippen molar-refractivity contribution in [3.63, 3.8) is 0 Å². The first-order chi connectivity index (χ1) is 9.19. The minimum atomic E-state index is -0.368. The highest BCUT2D eigenvalue weighted by atomic mass is 35.5. The minimum absolute atomic E-state index is 0. The lowest BCUT2D eigenvalue weighted by atomic mass is 9.91. The Morgan fingerprint density at radius 3 is 2.55 bits per heavy atom. The maximum Gasteiger partial charge on any atom is 0.237 e. The van der Waals surface area contributed by atoms with E-state index < -0.39 is 0 Å². The Morgan fingerprint density at radius 2 is 2.00 bits per heavy atom. The summed E-state index contributed by atoms with van der Waals surface area (Å²) in [5.41, 5.74) is 6.05. The smallest absolute Gasteiger partial charge is 0.237 e. The average Bonchev–Trinajstić information content (AvgIpc) is 2.47. The normalized spacial score (nSPS) is 18.9. The Hall–Kier alpha value is -0.320. The van der Waals surface area contributed by atoms with E-state index in [4.69, 9.17) is 10.5 Å². The first kappa shape index (κ1) is 19.7. The molecule has 1 aliphatic heterocycles. The van der Waals surface area contributed by atoms with Gasteiger partial charge in [-0.3, -0.25) is 4.79 Å². The van der Waals surface area contributed by atoms with Crippen molar-refractivity contribution in [2.75, 3.05) is 19.8 Å². The maximum atomic E-state index is 12.1. The third-order valence-corrected chi connectivity index (χ3v) is 4.18. The van der Waals surface area contributed by atoms with Gasteiger partial charge in [-0.1, -0.05) is 33.1 Å². The second kappa shape index (κ2) is 11.4. The van der Waals surface area contributed by atoms with Crippen LogP contribution in [0.1, 0.15) is 52.4 Å². The van der Waals surface area contributed by atoms with Crippen LogP contribution in [0.3, 0.4) is 0 Å². The lowest BCUT2D eigenvalue weighted by Crippen LogP contribution is -2.48. The second-order valence-electron chi connectivity index (χ2n) is 5.64. The molecule has 0 bridgehead atoms. The molecule has 0 radical (unpaired) electrons.